The summed E-state index contributed by atoms with van der Waals surface area (Å²) in [6, 6.07) is 7.93. The highest BCUT2D eigenvalue weighted by Gasteiger charge is 2.30. The van der Waals surface area contributed by atoms with Crippen molar-refractivity contribution >= 4 is 11.7 Å². The van der Waals surface area contributed by atoms with Gasteiger partial charge in [-0.15, -0.1) is 0 Å². The third-order valence-corrected chi connectivity index (χ3v) is 6.82. The van der Waals surface area contributed by atoms with E-state index in [1.807, 2.05) is 30.5 Å². The maximum absolute atomic E-state index is 13.0. The molecule has 2 aliphatic heterocycles. The number of nitrogens with one attached hydrogen (secondary N) is 1. The van der Waals surface area contributed by atoms with Gasteiger partial charge in [-0.25, -0.2) is 9.97 Å². The topological polar surface area (TPSA) is 97.6 Å². The summed E-state index contributed by atoms with van der Waals surface area (Å²) in [5.74, 6) is 3.02. The number of hydrogen-bond donors (Lipinski definition) is 1. The summed E-state index contributed by atoms with van der Waals surface area (Å²) in [5, 5.41) is 3.12. The Kier molecular flexibility index (Phi) is 8.15. The number of rotatable bonds is 10. The quantitative estimate of drug-likeness (QED) is 0.449. The van der Waals surface area contributed by atoms with E-state index in [0.717, 1.165) is 68.3 Å². The standard InChI is InChI=1S/C27H35N7O3/c1-2-3-11-32-13-14-34(25-7-9-30-27(31-25)33-12-10-28-20-33)22(19-32)18-26(35)29-8-6-21-4-5-23-24(17-21)37-16-15-36-23/h4-5,7,9-10,12,17,20,22H,2-3,6,8,11,13-16,18-19H2,1H3,(H,29,35). The van der Waals surface area contributed by atoms with Crippen molar-refractivity contribution < 1.29 is 14.3 Å². The number of anilines is 1. The van der Waals surface area contributed by atoms with Crippen LogP contribution in [-0.2, 0) is 11.2 Å². The number of benzene rings is 1. The lowest BCUT2D eigenvalue weighted by Crippen LogP contribution is -2.55. The number of nitrogens with zero attached hydrogens (tertiary/aromatic N) is 6. The van der Waals surface area contributed by atoms with Crippen LogP contribution in [0.1, 0.15) is 31.7 Å². The van der Waals surface area contributed by atoms with Crippen molar-refractivity contribution in [2.75, 3.05) is 50.8 Å². The first-order chi connectivity index (χ1) is 18.2. The zero-order valence-electron chi connectivity index (χ0n) is 21.4. The van der Waals surface area contributed by atoms with E-state index in [4.69, 9.17) is 14.5 Å². The van der Waals surface area contributed by atoms with Crippen LogP contribution in [0.5, 0.6) is 11.5 Å². The molecule has 2 aliphatic rings. The van der Waals surface area contributed by atoms with Gasteiger partial charge >= 0.3 is 0 Å². The number of piperazine rings is 1. The zero-order valence-corrected chi connectivity index (χ0v) is 21.4. The summed E-state index contributed by atoms with van der Waals surface area (Å²) in [5.41, 5.74) is 1.11. The molecule has 10 heteroatoms. The van der Waals surface area contributed by atoms with Crippen LogP contribution in [0.2, 0.25) is 0 Å². The summed E-state index contributed by atoms with van der Waals surface area (Å²) < 4.78 is 13.1. The van der Waals surface area contributed by atoms with Crippen LogP contribution in [0.3, 0.4) is 0 Å². The van der Waals surface area contributed by atoms with Gasteiger partial charge in [-0.05, 0) is 43.1 Å². The second kappa shape index (κ2) is 12.1. The molecular formula is C27H35N7O3. The highest BCUT2D eigenvalue weighted by molar-refractivity contribution is 5.77. The number of carbonyl (C=O) groups is 1. The Labute approximate surface area is 217 Å². The molecule has 1 saturated heterocycles. The van der Waals surface area contributed by atoms with Crippen LogP contribution < -0.4 is 19.7 Å². The predicted molar refractivity (Wildman–Crippen MR) is 140 cm³/mol. The van der Waals surface area contributed by atoms with Crippen LogP contribution in [0.25, 0.3) is 5.95 Å². The third kappa shape index (κ3) is 6.37. The van der Waals surface area contributed by atoms with Crippen molar-refractivity contribution in [3.8, 4) is 17.4 Å². The molecule has 4 heterocycles. The molecule has 0 aliphatic carbocycles. The van der Waals surface area contributed by atoms with Crippen LogP contribution in [0.4, 0.5) is 5.82 Å². The molecule has 1 unspecified atom stereocenters. The lowest BCUT2D eigenvalue weighted by atomic mass is 10.1. The molecule has 196 valence electrons. The molecule has 2 aromatic heterocycles. The van der Waals surface area contributed by atoms with E-state index in [2.05, 4.69) is 32.0 Å². The van der Waals surface area contributed by atoms with Crippen LogP contribution in [0, 0.1) is 0 Å². The predicted octanol–water partition coefficient (Wildman–Crippen LogP) is 2.47. The first-order valence-corrected chi connectivity index (χ1v) is 13.1. The van der Waals surface area contributed by atoms with Crippen molar-refractivity contribution in [2.45, 2.75) is 38.6 Å². The van der Waals surface area contributed by atoms with Gasteiger partial charge in [0.2, 0.25) is 11.9 Å². The number of ether oxygens (including phenoxy) is 2. The average molecular weight is 506 g/mol. The number of unbranched alkanes of at least 4 members (excludes halogenated alkanes) is 1. The second-order valence-corrected chi connectivity index (χ2v) is 9.47. The third-order valence-electron chi connectivity index (χ3n) is 6.82. The lowest BCUT2D eigenvalue weighted by Gasteiger charge is -2.42. The number of amides is 1. The van der Waals surface area contributed by atoms with Gasteiger partial charge in [0.25, 0.3) is 0 Å². The minimum atomic E-state index is 0.0328. The molecule has 1 aromatic carbocycles. The molecule has 1 amide bonds. The molecule has 3 aromatic rings. The Morgan fingerprint density at radius 1 is 1.14 bits per heavy atom. The Bertz CT molecular complexity index is 1170. The average Bonchev–Trinajstić information content (AvgIpc) is 3.47. The van der Waals surface area contributed by atoms with E-state index < -0.39 is 0 Å². The van der Waals surface area contributed by atoms with Crippen molar-refractivity contribution in [3.05, 3.63) is 54.7 Å². The molecule has 1 N–H and O–H groups in total. The molecule has 1 fully saturated rings. The largest absolute Gasteiger partial charge is 0.486 e. The van der Waals surface area contributed by atoms with E-state index in [1.54, 1.807) is 23.3 Å². The maximum Gasteiger partial charge on any atom is 0.236 e. The summed E-state index contributed by atoms with van der Waals surface area (Å²) in [4.78, 5) is 31.0. The van der Waals surface area contributed by atoms with E-state index in [9.17, 15) is 4.79 Å². The first kappa shape index (κ1) is 25.0. The number of aromatic nitrogens is 4. The molecule has 0 radical (unpaired) electrons. The van der Waals surface area contributed by atoms with Gasteiger partial charge in [0.1, 0.15) is 25.4 Å². The molecule has 5 rings (SSSR count). The molecule has 10 nitrogen and oxygen atoms in total. The summed E-state index contributed by atoms with van der Waals surface area (Å²) in [7, 11) is 0. The van der Waals surface area contributed by atoms with E-state index in [-0.39, 0.29) is 11.9 Å². The zero-order chi connectivity index (χ0) is 25.5. The number of fused-ring (bicyclic) bond motifs is 1. The summed E-state index contributed by atoms with van der Waals surface area (Å²) in [6.45, 7) is 7.58. The maximum atomic E-state index is 13.0. The smallest absolute Gasteiger partial charge is 0.236 e. The molecule has 0 bridgehead atoms. The fourth-order valence-corrected chi connectivity index (χ4v) is 4.86. The van der Waals surface area contributed by atoms with Gasteiger partial charge in [0, 0.05) is 51.2 Å². The van der Waals surface area contributed by atoms with Crippen molar-refractivity contribution in [1.29, 1.82) is 0 Å². The van der Waals surface area contributed by atoms with Crippen LogP contribution in [0.15, 0.2) is 49.2 Å². The molecule has 1 atom stereocenters. The van der Waals surface area contributed by atoms with Crippen molar-refractivity contribution in [2.24, 2.45) is 0 Å². The van der Waals surface area contributed by atoms with E-state index >= 15 is 0 Å². The highest BCUT2D eigenvalue weighted by Crippen LogP contribution is 2.30. The monoisotopic (exact) mass is 505 g/mol. The minimum Gasteiger partial charge on any atom is -0.486 e. The highest BCUT2D eigenvalue weighted by atomic mass is 16.6. The number of imidazole rings is 1. The fourth-order valence-electron chi connectivity index (χ4n) is 4.86. The van der Waals surface area contributed by atoms with Gasteiger partial charge in [-0.1, -0.05) is 19.4 Å². The molecule has 0 saturated carbocycles. The van der Waals surface area contributed by atoms with Crippen molar-refractivity contribution in [3.63, 3.8) is 0 Å². The van der Waals surface area contributed by atoms with Gasteiger partial charge in [-0.2, -0.15) is 4.98 Å². The second-order valence-electron chi connectivity index (χ2n) is 9.47. The van der Waals surface area contributed by atoms with Gasteiger partial charge in [-0.3, -0.25) is 14.3 Å². The Morgan fingerprint density at radius 2 is 2.03 bits per heavy atom. The molecular weight excluding hydrogens is 470 g/mol. The summed E-state index contributed by atoms with van der Waals surface area (Å²) >= 11 is 0. The Balaban J connectivity index is 1.22. The molecule has 37 heavy (non-hydrogen) atoms. The minimum absolute atomic E-state index is 0.0328. The number of carbonyl (C=O) groups excluding carboxylic acids is 1. The van der Waals surface area contributed by atoms with Gasteiger partial charge < -0.3 is 19.7 Å². The van der Waals surface area contributed by atoms with Gasteiger partial charge in [0.05, 0.1) is 6.04 Å². The van der Waals surface area contributed by atoms with E-state index in [0.29, 0.717) is 32.1 Å². The molecule has 0 spiro atoms. The van der Waals surface area contributed by atoms with E-state index in [1.165, 1.54) is 0 Å². The SMILES string of the molecule is CCCCN1CCN(c2ccnc(-n3ccnc3)n2)C(CC(=O)NCCc2ccc3c(c2)OCCO3)C1. The lowest BCUT2D eigenvalue weighted by molar-refractivity contribution is -0.121. The Morgan fingerprint density at radius 3 is 2.86 bits per heavy atom. The van der Waals surface area contributed by atoms with Gasteiger partial charge in [0.15, 0.2) is 11.5 Å². The number of hydrogen-bond acceptors (Lipinski definition) is 8. The van der Waals surface area contributed by atoms with Crippen LogP contribution in [-0.4, -0.2) is 82.3 Å². The van der Waals surface area contributed by atoms with Crippen LogP contribution >= 0.6 is 0 Å². The Hall–Kier alpha value is -3.66. The normalized spacial score (nSPS) is 17.5. The summed E-state index contributed by atoms with van der Waals surface area (Å²) in [6.07, 6.45) is 10.5. The first-order valence-electron chi connectivity index (χ1n) is 13.1. The van der Waals surface area contributed by atoms with Crippen molar-refractivity contribution in [1.82, 2.24) is 29.7 Å². The fraction of sp³-hybridized carbons (Fsp3) is 0.481.